The lowest BCUT2D eigenvalue weighted by atomic mass is 10.00. The Kier molecular flexibility index (Phi) is 3.80. The van der Waals surface area contributed by atoms with Crippen molar-refractivity contribution >= 4 is 0 Å². The summed E-state index contributed by atoms with van der Waals surface area (Å²) >= 11 is 0. The number of benzene rings is 1. The number of ether oxygens (including phenoxy) is 1. The highest BCUT2D eigenvalue weighted by molar-refractivity contribution is 5.39. The first-order chi connectivity index (χ1) is 7.81. The van der Waals surface area contributed by atoms with Crippen molar-refractivity contribution in [3.8, 4) is 5.75 Å². The van der Waals surface area contributed by atoms with Gasteiger partial charge in [-0.05, 0) is 25.8 Å². The summed E-state index contributed by atoms with van der Waals surface area (Å²) in [5.74, 6) is 0.985. The highest BCUT2D eigenvalue weighted by Crippen LogP contribution is 2.31. The largest absolute Gasteiger partial charge is 0.493 e. The fraction of sp³-hybridized carbons (Fsp3) is 0.538. The molecular formula is C13H19NO2. The van der Waals surface area contributed by atoms with Gasteiger partial charge in [0.25, 0.3) is 0 Å². The van der Waals surface area contributed by atoms with Gasteiger partial charge in [-0.25, -0.2) is 0 Å². The first-order valence-electron chi connectivity index (χ1n) is 5.89. The van der Waals surface area contributed by atoms with Crippen LogP contribution in [0.4, 0.5) is 0 Å². The summed E-state index contributed by atoms with van der Waals surface area (Å²) in [6.07, 6.45) is 2.12. The van der Waals surface area contributed by atoms with Crippen LogP contribution in [0, 0.1) is 6.92 Å². The van der Waals surface area contributed by atoms with Crippen molar-refractivity contribution in [3.05, 3.63) is 29.3 Å². The summed E-state index contributed by atoms with van der Waals surface area (Å²) in [4.78, 5) is 0. The van der Waals surface area contributed by atoms with Gasteiger partial charge in [-0.3, -0.25) is 0 Å². The number of hydrogen-bond donors (Lipinski definition) is 2. The maximum absolute atomic E-state index is 8.88. The Morgan fingerprint density at radius 2 is 2.38 bits per heavy atom. The smallest absolute Gasteiger partial charge is 0.124 e. The van der Waals surface area contributed by atoms with E-state index in [4.69, 9.17) is 9.84 Å². The maximum Gasteiger partial charge on any atom is 0.124 e. The molecular weight excluding hydrogens is 202 g/mol. The van der Waals surface area contributed by atoms with Crippen molar-refractivity contribution in [1.29, 1.82) is 0 Å². The van der Waals surface area contributed by atoms with Gasteiger partial charge in [0.15, 0.2) is 0 Å². The Hall–Kier alpha value is -1.06. The normalized spacial score (nSPS) is 19.8. The molecule has 1 aliphatic heterocycles. The van der Waals surface area contributed by atoms with Crippen LogP contribution in [-0.2, 0) is 0 Å². The van der Waals surface area contributed by atoms with Crippen LogP contribution in [-0.4, -0.2) is 24.9 Å². The zero-order valence-corrected chi connectivity index (χ0v) is 9.70. The molecule has 1 unspecified atom stereocenters. The SMILES string of the molecule is Cc1ccc2c(c1)C(NCCO)CCCO2. The van der Waals surface area contributed by atoms with Gasteiger partial charge in [-0.2, -0.15) is 0 Å². The van der Waals surface area contributed by atoms with Crippen molar-refractivity contribution in [2.45, 2.75) is 25.8 Å². The molecule has 1 heterocycles. The van der Waals surface area contributed by atoms with E-state index in [9.17, 15) is 0 Å². The topological polar surface area (TPSA) is 41.5 Å². The molecule has 0 spiro atoms. The summed E-state index contributed by atoms with van der Waals surface area (Å²) in [7, 11) is 0. The van der Waals surface area contributed by atoms with E-state index in [0.29, 0.717) is 12.6 Å². The Labute approximate surface area is 96.4 Å². The summed E-state index contributed by atoms with van der Waals surface area (Å²) in [5.41, 5.74) is 2.48. The molecule has 2 rings (SSSR count). The van der Waals surface area contributed by atoms with Crippen molar-refractivity contribution < 1.29 is 9.84 Å². The number of aryl methyl sites for hydroxylation is 1. The number of aliphatic hydroxyl groups is 1. The molecule has 0 saturated carbocycles. The van der Waals surface area contributed by atoms with Gasteiger partial charge in [0.1, 0.15) is 5.75 Å². The lowest BCUT2D eigenvalue weighted by Crippen LogP contribution is -2.24. The van der Waals surface area contributed by atoms with E-state index < -0.39 is 0 Å². The average molecular weight is 221 g/mol. The number of nitrogens with one attached hydrogen (secondary N) is 1. The molecule has 16 heavy (non-hydrogen) atoms. The zero-order chi connectivity index (χ0) is 11.4. The predicted octanol–water partition coefficient (Wildman–Crippen LogP) is 1.79. The van der Waals surface area contributed by atoms with E-state index in [1.807, 2.05) is 6.07 Å². The lowest BCUT2D eigenvalue weighted by molar-refractivity contribution is 0.281. The minimum atomic E-state index is 0.179. The molecule has 0 aromatic heterocycles. The molecule has 1 aromatic carbocycles. The van der Waals surface area contributed by atoms with Crippen LogP contribution in [0.1, 0.15) is 30.0 Å². The van der Waals surface area contributed by atoms with Gasteiger partial charge in [0, 0.05) is 18.2 Å². The van der Waals surface area contributed by atoms with E-state index in [-0.39, 0.29) is 6.61 Å². The van der Waals surface area contributed by atoms with Crippen molar-refractivity contribution in [2.24, 2.45) is 0 Å². The Morgan fingerprint density at radius 1 is 1.50 bits per heavy atom. The molecule has 3 heteroatoms. The predicted molar refractivity (Wildman–Crippen MR) is 63.7 cm³/mol. The Balaban J connectivity index is 2.24. The van der Waals surface area contributed by atoms with Crippen molar-refractivity contribution in [1.82, 2.24) is 5.32 Å². The van der Waals surface area contributed by atoms with Gasteiger partial charge in [0.05, 0.1) is 13.2 Å². The number of fused-ring (bicyclic) bond motifs is 1. The van der Waals surface area contributed by atoms with Crippen LogP contribution in [0.3, 0.4) is 0 Å². The fourth-order valence-corrected chi connectivity index (χ4v) is 2.15. The van der Waals surface area contributed by atoms with Crippen molar-refractivity contribution in [3.63, 3.8) is 0 Å². The second-order valence-electron chi connectivity index (χ2n) is 4.26. The van der Waals surface area contributed by atoms with Crippen LogP contribution in [0.5, 0.6) is 5.75 Å². The van der Waals surface area contributed by atoms with Gasteiger partial charge < -0.3 is 15.2 Å². The molecule has 1 atom stereocenters. The standard InChI is InChI=1S/C13H19NO2/c1-10-4-5-13-11(9-10)12(14-6-7-15)3-2-8-16-13/h4-5,9,12,14-15H,2-3,6-8H2,1H3. The third kappa shape index (κ3) is 2.54. The summed E-state index contributed by atoms with van der Waals surface area (Å²) < 4.78 is 5.71. The molecule has 0 saturated heterocycles. The van der Waals surface area contributed by atoms with Crippen LogP contribution in [0.25, 0.3) is 0 Å². The molecule has 0 aliphatic carbocycles. The Morgan fingerprint density at radius 3 is 3.19 bits per heavy atom. The molecule has 88 valence electrons. The molecule has 1 aliphatic rings. The molecule has 0 bridgehead atoms. The number of hydrogen-bond acceptors (Lipinski definition) is 3. The van der Waals surface area contributed by atoms with E-state index in [1.165, 1.54) is 11.1 Å². The third-order valence-corrected chi connectivity index (χ3v) is 2.94. The van der Waals surface area contributed by atoms with Crippen molar-refractivity contribution in [2.75, 3.05) is 19.8 Å². The number of rotatable bonds is 3. The Bertz CT molecular complexity index is 352. The minimum Gasteiger partial charge on any atom is -0.493 e. The van der Waals surface area contributed by atoms with Gasteiger partial charge >= 0.3 is 0 Å². The van der Waals surface area contributed by atoms with Gasteiger partial charge in [0.2, 0.25) is 0 Å². The second kappa shape index (κ2) is 5.32. The number of aliphatic hydroxyl groups excluding tert-OH is 1. The van der Waals surface area contributed by atoms with E-state index in [2.05, 4.69) is 24.4 Å². The third-order valence-electron chi connectivity index (χ3n) is 2.94. The molecule has 1 aromatic rings. The van der Waals surface area contributed by atoms with E-state index in [1.54, 1.807) is 0 Å². The molecule has 3 nitrogen and oxygen atoms in total. The molecule has 0 radical (unpaired) electrons. The molecule has 0 fully saturated rings. The quantitative estimate of drug-likeness (QED) is 0.817. The summed E-state index contributed by atoms with van der Waals surface area (Å²) in [6, 6.07) is 6.61. The highest BCUT2D eigenvalue weighted by Gasteiger charge is 2.18. The van der Waals surface area contributed by atoms with Crippen LogP contribution >= 0.6 is 0 Å². The van der Waals surface area contributed by atoms with Crippen LogP contribution in [0.15, 0.2) is 18.2 Å². The van der Waals surface area contributed by atoms with Gasteiger partial charge in [-0.1, -0.05) is 17.7 Å². The van der Waals surface area contributed by atoms with Crippen LogP contribution < -0.4 is 10.1 Å². The first kappa shape index (κ1) is 11.4. The minimum absolute atomic E-state index is 0.179. The lowest BCUT2D eigenvalue weighted by Gasteiger charge is -2.18. The average Bonchev–Trinajstić information content (AvgIpc) is 2.48. The van der Waals surface area contributed by atoms with Gasteiger partial charge in [-0.15, -0.1) is 0 Å². The first-order valence-corrected chi connectivity index (χ1v) is 5.89. The van der Waals surface area contributed by atoms with E-state index >= 15 is 0 Å². The maximum atomic E-state index is 8.88. The summed E-state index contributed by atoms with van der Waals surface area (Å²) in [5, 5.41) is 12.2. The fourth-order valence-electron chi connectivity index (χ4n) is 2.15. The summed E-state index contributed by atoms with van der Waals surface area (Å²) in [6.45, 7) is 3.69. The highest BCUT2D eigenvalue weighted by atomic mass is 16.5. The monoisotopic (exact) mass is 221 g/mol. The molecule has 0 amide bonds. The second-order valence-corrected chi connectivity index (χ2v) is 4.26. The zero-order valence-electron chi connectivity index (χ0n) is 9.70. The molecule has 2 N–H and O–H groups in total. The van der Waals surface area contributed by atoms with E-state index in [0.717, 1.165) is 25.2 Å². The van der Waals surface area contributed by atoms with Crippen LogP contribution in [0.2, 0.25) is 0 Å².